The zero-order valence-corrected chi connectivity index (χ0v) is 17.6. The molecule has 7 heteroatoms. The minimum atomic E-state index is -2.63. The fourth-order valence-corrected chi connectivity index (χ4v) is 4.01. The van der Waals surface area contributed by atoms with Crippen LogP contribution < -0.4 is 4.74 Å². The predicted molar refractivity (Wildman–Crippen MR) is 111 cm³/mol. The van der Waals surface area contributed by atoms with Gasteiger partial charge in [0.05, 0.1) is 32.1 Å². The molecule has 0 spiro atoms. The molecule has 4 rings (SSSR count). The number of benzene rings is 1. The minimum Gasteiger partial charge on any atom is -0.496 e. The van der Waals surface area contributed by atoms with E-state index in [1.807, 2.05) is 38.1 Å². The number of aromatic nitrogens is 3. The topological polar surface area (TPSA) is 49.2 Å². The summed E-state index contributed by atoms with van der Waals surface area (Å²) in [6.45, 7) is 6.95. The van der Waals surface area contributed by atoms with Gasteiger partial charge in [-0.2, -0.15) is 0 Å². The van der Waals surface area contributed by atoms with Crippen LogP contribution in [0.4, 0.5) is 8.78 Å². The largest absolute Gasteiger partial charge is 0.496 e. The standard InChI is InChI=1S/C23H25F2N3O2/c1-13-9-16(5-6-20(13)29-4)23-27-21(19-7-8-30-15(3)12-28(19)23)17-10-14(2)26-18(11-17)22(24)25/h5-6,9-11,15,22H,7-8,12H2,1-4H3/t15-/m1/s1. The Bertz CT molecular complexity index is 1080. The van der Waals surface area contributed by atoms with Crippen molar-refractivity contribution in [3.8, 4) is 28.4 Å². The van der Waals surface area contributed by atoms with E-state index in [-0.39, 0.29) is 11.8 Å². The molecule has 0 bridgehead atoms. The Hall–Kier alpha value is -2.80. The zero-order chi connectivity index (χ0) is 21.4. The molecule has 1 aliphatic heterocycles. The SMILES string of the molecule is COc1ccc(-c2nc(-c3cc(C)nc(C(F)F)c3)c3n2C[C@@H](C)OCC3)cc1C. The van der Waals surface area contributed by atoms with E-state index in [0.29, 0.717) is 36.5 Å². The van der Waals surface area contributed by atoms with Crippen LogP contribution in [0.1, 0.15) is 36.0 Å². The van der Waals surface area contributed by atoms with E-state index in [4.69, 9.17) is 14.5 Å². The number of hydrogen-bond donors (Lipinski definition) is 0. The summed E-state index contributed by atoms with van der Waals surface area (Å²) in [5, 5.41) is 0. The Morgan fingerprint density at radius 2 is 1.93 bits per heavy atom. The van der Waals surface area contributed by atoms with Crippen LogP contribution in [0.15, 0.2) is 30.3 Å². The molecule has 1 aromatic carbocycles. The van der Waals surface area contributed by atoms with Gasteiger partial charge in [0.25, 0.3) is 6.43 Å². The smallest absolute Gasteiger partial charge is 0.280 e. The maximum Gasteiger partial charge on any atom is 0.280 e. The molecule has 0 amide bonds. The third kappa shape index (κ3) is 3.81. The molecular weight excluding hydrogens is 388 g/mol. The Morgan fingerprint density at radius 1 is 1.13 bits per heavy atom. The molecule has 30 heavy (non-hydrogen) atoms. The molecule has 1 aliphatic rings. The molecule has 158 valence electrons. The van der Waals surface area contributed by atoms with Gasteiger partial charge in [0, 0.05) is 28.9 Å². The monoisotopic (exact) mass is 413 g/mol. The molecule has 1 atom stereocenters. The molecule has 0 N–H and O–H groups in total. The van der Waals surface area contributed by atoms with Crippen LogP contribution >= 0.6 is 0 Å². The van der Waals surface area contributed by atoms with E-state index in [0.717, 1.165) is 28.4 Å². The molecule has 0 radical (unpaired) electrons. The predicted octanol–water partition coefficient (Wildman–Crippen LogP) is 5.14. The molecule has 5 nitrogen and oxygen atoms in total. The summed E-state index contributed by atoms with van der Waals surface area (Å²) < 4.78 is 40.1. The lowest BCUT2D eigenvalue weighted by molar-refractivity contribution is 0.0666. The number of imidazole rings is 1. The highest BCUT2D eigenvalue weighted by Gasteiger charge is 2.25. The van der Waals surface area contributed by atoms with Gasteiger partial charge in [0.2, 0.25) is 0 Å². The van der Waals surface area contributed by atoms with Gasteiger partial charge in [0.1, 0.15) is 17.3 Å². The van der Waals surface area contributed by atoms with Crippen molar-refractivity contribution >= 4 is 0 Å². The third-order valence-corrected chi connectivity index (χ3v) is 5.38. The highest BCUT2D eigenvalue weighted by atomic mass is 19.3. The van der Waals surface area contributed by atoms with Crippen LogP contribution in [-0.4, -0.2) is 34.4 Å². The Labute approximate surface area is 174 Å². The number of pyridine rings is 1. The Balaban J connectivity index is 1.91. The van der Waals surface area contributed by atoms with E-state index >= 15 is 0 Å². The van der Waals surface area contributed by atoms with Crippen LogP contribution in [0.5, 0.6) is 5.75 Å². The highest BCUT2D eigenvalue weighted by molar-refractivity contribution is 5.70. The molecule has 0 unspecified atom stereocenters. The van der Waals surface area contributed by atoms with E-state index in [1.54, 1.807) is 14.0 Å². The highest BCUT2D eigenvalue weighted by Crippen LogP contribution is 2.34. The van der Waals surface area contributed by atoms with Gasteiger partial charge in [-0.3, -0.25) is 4.98 Å². The number of hydrogen-bond acceptors (Lipinski definition) is 4. The summed E-state index contributed by atoms with van der Waals surface area (Å²) in [5.74, 6) is 1.61. The molecule has 3 heterocycles. The number of fused-ring (bicyclic) bond motifs is 1. The van der Waals surface area contributed by atoms with Crippen molar-refractivity contribution in [3.05, 3.63) is 53.0 Å². The lowest BCUT2D eigenvalue weighted by atomic mass is 10.1. The number of methoxy groups -OCH3 is 1. The number of nitrogens with zero attached hydrogens (tertiary/aromatic N) is 3. The maximum absolute atomic E-state index is 13.4. The van der Waals surface area contributed by atoms with Crippen LogP contribution in [0.2, 0.25) is 0 Å². The first-order valence-electron chi connectivity index (χ1n) is 10.0. The summed E-state index contributed by atoms with van der Waals surface area (Å²) in [6.07, 6.45) is -1.94. The molecule has 0 aliphatic carbocycles. The van der Waals surface area contributed by atoms with E-state index < -0.39 is 6.43 Å². The van der Waals surface area contributed by atoms with Crippen molar-refractivity contribution in [1.29, 1.82) is 0 Å². The van der Waals surface area contributed by atoms with Gasteiger partial charge in [-0.1, -0.05) is 0 Å². The molecule has 0 fully saturated rings. The lowest BCUT2D eigenvalue weighted by Gasteiger charge is -2.13. The van der Waals surface area contributed by atoms with Crippen molar-refractivity contribution in [2.75, 3.05) is 13.7 Å². The average molecular weight is 413 g/mol. The summed E-state index contributed by atoms with van der Waals surface area (Å²) in [4.78, 5) is 8.91. The first kappa shape index (κ1) is 20.5. The van der Waals surface area contributed by atoms with E-state index in [9.17, 15) is 8.78 Å². The number of halogens is 2. The number of rotatable bonds is 4. The Kier molecular flexibility index (Phi) is 5.56. The van der Waals surface area contributed by atoms with Crippen LogP contribution in [0.3, 0.4) is 0 Å². The second kappa shape index (κ2) is 8.14. The quantitative estimate of drug-likeness (QED) is 0.595. The summed E-state index contributed by atoms with van der Waals surface area (Å²) >= 11 is 0. The zero-order valence-electron chi connectivity index (χ0n) is 17.6. The molecular formula is C23H25F2N3O2. The van der Waals surface area contributed by atoms with Crippen LogP contribution in [0.25, 0.3) is 22.6 Å². The minimum absolute atomic E-state index is 0.0298. The van der Waals surface area contributed by atoms with Gasteiger partial charge >= 0.3 is 0 Å². The average Bonchev–Trinajstić information content (AvgIpc) is 2.94. The molecule has 0 saturated heterocycles. The Morgan fingerprint density at radius 3 is 2.63 bits per heavy atom. The maximum atomic E-state index is 13.4. The van der Waals surface area contributed by atoms with Crippen molar-refractivity contribution < 1.29 is 18.3 Å². The fourth-order valence-electron chi connectivity index (χ4n) is 4.01. The number of ether oxygens (including phenoxy) is 2. The van der Waals surface area contributed by atoms with Crippen molar-refractivity contribution in [2.24, 2.45) is 0 Å². The van der Waals surface area contributed by atoms with Crippen molar-refractivity contribution in [3.63, 3.8) is 0 Å². The fraction of sp³-hybridized carbons (Fsp3) is 0.391. The van der Waals surface area contributed by atoms with Gasteiger partial charge < -0.3 is 14.0 Å². The first-order valence-corrected chi connectivity index (χ1v) is 10.0. The summed E-state index contributed by atoms with van der Waals surface area (Å²) in [7, 11) is 1.65. The van der Waals surface area contributed by atoms with Gasteiger partial charge in [-0.05, 0) is 56.7 Å². The second-order valence-corrected chi connectivity index (χ2v) is 7.68. The molecule has 3 aromatic rings. The van der Waals surface area contributed by atoms with Crippen LogP contribution in [-0.2, 0) is 17.7 Å². The van der Waals surface area contributed by atoms with Crippen LogP contribution in [0, 0.1) is 13.8 Å². The summed E-state index contributed by atoms with van der Waals surface area (Å²) in [6, 6.07) is 9.20. The second-order valence-electron chi connectivity index (χ2n) is 7.68. The van der Waals surface area contributed by atoms with E-state index in [2.05, 4.69) is 9.55 Å². The lowest BCUT2D eigenvalue weighted by Crippen LogP contribution is -2.15. The summed E-state index contributed by atoms with van der Waals surface area (Å²) in [5.41, 5.74) is 4.64. The molecule has 0 saturated carbocycles. The van der Waals surface area contributed by atoms with Gasteiger partial charge in [-0.25, -0.2) is 13.8 Å². The van der Waals surface area contributed by atoms with Crippen molar-refractivity contribution in [1.82, 2.24) is 14.5 Å². The first-order chi connectivity index (χ1) is 14.4. The van der Waals surface area contributed by atoms with Gasteiger partial charge in [0.15, 0.2) is 0 Å². The third-order valence-electron chi connectivity index (χ3n) is 5.38. The molecule has 2 aromatic heterocycles. The van der Waals surface area contributed by atoms with E-state index in [1.165, 1.54) is 6.07 Å². The number of aryl methyl sites for hydroxylation is 2. The number of alkyl halides is 2. The van der Waals surface area contributed by atoms with Crippen molar-refractivity contribution in [2.45, 2.75) is 46.3 Å². The normalized spacial score (nSPS) is 16.4. The van der Waals surface area contributed by atoms with Gasteiger partial charge in [-0.15, -0.1) is 0 Å².